The fourth-order valence-electron chi connectivity index (χ4n) is 2.44. The quantitative estimate of drug-likeness (QED) is 0.757. The van der Waals surface area contributed by atoms with Crippen molar-refractivity contribution in [2.45, 2.75) is 58.9 Å². The lowest BCUT2D eigenvalue weighted by Crippen LogP contribution is -2.58. The molecule has 1 fully saturated rings. The van der Waals surface area contributed by atoms with Gasteiger partial charge in [-0.3, -0.25) is 4.79 Å². The van der Waals surface area contributed by atoms with Crippen LogP contribution in [0, 0.1) is 11.3 Å². The third-order valence-electron chi connectivity index (χ3n) is 3.54. The van der Waals surface area contributed by atoms with E-state index in [-0.39, 0.29) is 16.9 Å². The molecule has 94 valence electrons. The molecule has 0 saturated heterocycles. The van der Waals surface area contributed by atoms with E-state index in [0.29, 0.717) is 12.5 Å². The van der Waals surface area contributed by atoms with Crippen LogP contribution < -0.4 is 11.1 Å². The lowest BCUT2D eigenvalue weighted by molar-refractivity contribution is -0.131. The Morgan fingerprint density at radius 3 is 2.56 bits per heavy atom. The molecule has 1 aliphatic rings. The van der Waals surface area contributed by atoms with Gasteiger partial charge in [-0.25, -0.2) is 0 Å². The average Bonchev–Trinajstić information content (AvgIpc) is 2.16. The predicted octanol–water partition coefficient (Wildman–Crippen LogP) is 2.06. The molecule has 16 heavy (non-hydrogen) atoms. The third kappa shape index (κ3) is 3.21. The number of rotatable bonds is 2. The largest absolute Gasteiger partial charge is 0.349 e. The number of carbonyl (C=O) groups excluding carboxylic acids is 1. The van der Waals surface area contributed by atoms with Crippen LogP contribution in [0.5, 0.6) is 0 Å². The first-order valence-electron chi connectivity index (χ1n) is 6.32. The summed E-state index contributed by atoms with van der Waals surface area (Å²) < 4.78 is 0. The Morgan fingerprint density at radius 1 is 1.50 bits per heavy atom. The van der Waals surface area contributed by atoms with Crippen LogP contribution in [0.4, 0.5) is 0 Å². The van der Waals surface area contributed by atoms with Crippen LogP contribution in [0.1, 0.15) is 53.4 Å². The second-order valence-electron chi connectivity index (χ2n) is 6.39. The van der Waals surface area contributed by atoms with Gasteiger partial charge in [0.25, 0.3) is 0 Å². The number of nitrogens with two attached hydrogens (primary N) is 1. The van der Waals surface area contributed by atoms with Gasteiger partial charge in [-0.2, -0.15) is 0 Å². The Bertz CT molecular complexity index is 257. The van der Waals surface area contributed by atoms with Crippen molar-refractivity contribution in [2.24, 2.45) is 17.1 Å². The summed E-state index contributed by atoms with van der Waals surface area (Å²) in [4.78, 5) is 12.0. The fraction of sp³-hybridized carbons (Fsp3) is 0.923. The molecule has 0 aromatic carbocycles. The molecule has 1 amide bonds. The lowest BCUT2D eigenvalue weighted by Gasteiger charge is -2.41. The normalized spacial score (nSPS) is 31.2. The SMILES string of the molecule is CC1CCCC(CN)(NC(=O)C(C)(C)C)C1. The minimum atomic E-state index is -0.331. The maximum atomic E-state index is 12.0. The van der Waals surface area contributed by atoms with E-state index in [9.17, 15) is 4.79 Å². The van der Waals surface area contributed by atoms with E-state index >= 15 is 0 Å². The lowest BCUT2D eigenvalue weighted by atomic mass is 9.75. The first kappa shape index (κ1) is 13.5. The molecule has 2 atom stereocenters. The molecule has 0 spiro atoms. The molecule has 0 aliphatic heterocycles. The summed E-state index contributed by atoms with van der Waals surface area (Å²) in [5, 5.41) is 3.19. The summed E-state index contributed by atoms with van der Waals surface area (Å²) in [5.74, 6) is 0.782. The van der Waals surface area contributed by atoms with Crippen molar-refractivity contribution in [2.75, 3.05) is 6.54 Å². The van der Waals surface area contributed by atoms with Gasteiger partial charge in [0.15, 0.2) is 0 Å². The van der Waals surface area contributed by atoms with Crippen LogP contribution in [0.3, 0.4) is 0 Å². The summed E-state index contributed by atoms with van der Waals surface area (Å²) in [6, 6.07) is 0. The first-order valence-corrected chi connectivity index (χ1v) is 6.32. The highest BCUT2D eigenvalue weighted by atomic mass is 16.2. The van der Waals surface area contributed by atoms with Crippen molar-refractivity contribution in [3.8, 4) is 0 Å². The predicted molar refractivity (Wildman–Crippen MR) is 67.0 cm³/mol. The molecular formula is C13H26N2O. The molecule has 1 saturated carbocycles. The highest BCUT2D eigenvalue weighted by Gasteiger charge is 2.37. The molecule has 2 unspecified atom stereocenters. The van der Waals surface area contributed by atoms with E-state index in [2.05, 4.69) is 12.2 Å². The van der Waals surface area contributed by atoms with E-state index < -0.39 is 0 Å². The Labute approximate surface area is 99.2 Å². The standard InChI is InChI=1S/C13H26N2O/c1-10-6-5-7-13(8-10,9-14)15-11(16)12(2,3)4/h10H,5-9,14H2,1-4H3,(H,15,16). The highest BCUT2D eigenvalue weighted by Crippen LogP contribution is 2.32. The zero-order chi connectivity index (χ0) is 12.4. The third-order valence-corrected chi connectivity index (χ3v) is 3.54. The van der Waals surface area contributed by atoms with E-state index in [1.807, 2.05) is 20.8 Å². The zero-order valence-electron chi connectivity index (χ0n) is 11.1. The smallest absolute Gasteiger partial charge is 0.225 e. The van der Waals surface area contributed by atoms with Crippen molar-refractivity contribution in [3.05, 3.63) is 0 Å². The van der Waals surface area contributed by atoms with Gasteiger partial charge in [-0.05, 0) is 18.8 Å². The molecule has 0 radical (unpaired) electrons. The summed E-state index contributed by atoms with van der Waals surface area (Å²) >= 11 is 0. The second kappa shape index (κ2) is 4.74. The Balaban J connectivity index is 2.70. The summed E-state index contributed by atoms with van der Waals surface area (Å²) in [6.07, 6.45) is 4.47. The van der Waals surface area contributed by atoms with Crippen molar-refractivity contribution in [1.82, 2.24) is 5.32 Å². The van der Waals surface area contributed by atoms with Crippen LogP contribution >= 0.6 is 0 Å². The Kier molecular flexibility index (Phi) is 4.00. The number of hydrogen-bond acceptors (Lipinski definition) is 2. The average molecular weight is 226 g/mol. The van der Waals surface area contributed by atoms with E-state index in [1.54, 1.807) is 0 Å². The van der Waals surface area contributed by atoms with Gasteiger partial charge >= 0.3 is 0 Å². The van der Waals surface area contributed by atoms with Gasteiger partial charge in [0.05, 0.1) is 5.54 Å². The van der Waals surface area contributed by atoms with Crippen LogP contribution in [-0.4, -0.2) is 18.0 Å². The maximum Gasteiger partial charge on any atom is 0.225 e. The Morgan fingerprint density at radius 2 is 2.12 bits per heavy atom. The van der Waals surface area contributed by atoms with Crippen LogP contribution in [0.2, 0.25) is 0 Å². The van der Waals surface area contributed by atoms with Crippen LogP contribution in [0.25, 0.3) is 0 Å². The topological polar surface area (TPSA) is 55.1 Å². The number of nitrogens with one attached hydrogen (secondary N) is 1. The molecule has 0 heterocycles. The second-order valence-corrected chi connectivity index (χ2v) is 6.39. The maximum absolute atomic E-state index is 12.0. The van der Waals surface area contributed by atoms with Gasteiger partial charge in [0.1, 0.15) is 0 Å². The van der Waals surface area contributed by atoms with E-state index in [0.717, 1.165) is 12.8 Å². The highest BCUT2D eigenvalue weighted by molar-refractivity contribution is 5.82. The molecule has 1 aliphatic carbocycles. The van der Waals surface area contributed by atoms with Crippen molar-refractivity contribution >= 4 is 5.91 Å². The summed E-state index contributed by atoms with van der Waals surface area (Å²) in [7, 11) is 0. The van der Waals surface area contributed by atoms with Crippen molar-refractivity contribution in [1.29, 1.82) is 0 Å². The zero-order valence-corrected chi connectivity index (χ0v) is 11.1. The number of hydrogen-bond donors (Lipinski definition) is 2. The van der Waals surface area contributed by atoms with Crippen molar-refractivity contribution in [3.63, 3.8) is 0 Å². The van der Waals surface area contributed by atoms with E-state index in [1.165, 1.54) is 12.8 Å². The van der Waals surface area contributed by atoms with Crippen LogP contribution in [0.15, 0.2) is 0 Å². The minimum Gasteiger partial charge on any atom is -0.349 e. The molecule has 3 heteroatoms. The van der Waals surface area contributed by atoms with Gasteiger partial charge in [0, 0.05) is 12.0 Å². The van der Waals surface area contributed by atoms with Gasteiger partial charge < -0.3 is 11.1 Å². The monoisotopic (exact) mass is 226 g/mol. The van der Waals surface area contributed by atoms with Crippen LogP contribution in [-0.2, 0) is 4.79 Å². The van der Waals surface area contributed by atoms with Gasteiger partial charge in [-0.1, -0.05) is 40.5 Å². The molecule has 3 nitrogen and oxygen atoms in total. The number of amides is 1. The van der Waals surface area contributed by atoms with Gasteiger partial charge in [0.2, 0.25) is 5.91 Å². The summed E-state index contributed by atoms with van der Waals surface area (Å²) in [6.45, 7) is 8.63. The molecular weight excluding hydrogens is 200 g/mol. The van der Waals surface area contributed by atoms with Gasteiger partial charge in [-0.15, -0.1) is 0 Å². The molecule has 3 N–H and O–H groups in total. The summed E-state index contributed by atoms with van der Waals surface area (Å²) in [5.41, 5.74) is 5.40. The fourth-order valence-corrected chi connectivity index (χ4v) is 2.44. The van der Waals surface area contributed by atoms with E-state index in [4.69, 9.17) is 5.73 Å². The molecule has 1 rings (SSSR count). The Hall–Kier alpha value is -0.570. The molecule has 0 aromatic heterocycles. The van der Waals surface area contributed by atoms with Crippen molar-refractivity contribution < 1.29 is 4.79 Å². The first-order chi connectivity index (χ1) is 7.29. The molecule has 0 aromatic rings. The number of carbonyl (C=O) groups is 1. The minimum absolute atomic E-state index is 0.118. The molecule has 0 bridgehead atoms.